The lowest BCUT2D eigenvalue weighted by molar-refractivity contribution is -0.0506. The Bertz CT molecular complexity index is 756. The van der Waals surface area contributed by atoms with Crippen LogP contribution in [0.5, 0.6) is 5.75 Å². The van der Waals surface area contributed by atoms with Gasteiger partial charge in [0.2, 0.25) is 0 Å². The Labute approximate surface area is 172 Å². The maximum absolute atomic E-state index is 14.0. The summed E-state index contributed by atoms with van der Waals surface area (Å²) in [7, 11) is 3.56. The number of hydrogen-bond donors (Lipinski definition) is 1. The molecule has 27 heavy (non-hydrogen) atoms. The third-order valence-corrected chi connectivity index (χ3v) is 3.56. The first-order valence-corrected chi connectivity index (χ1v) is 7.96. The molecule has 150 valence electrons. The first-order chi connectivity index (χ1) is 12.4. The van der Waals surface area contributed by atoms with Gasteiger partial charge in [-0.1, -0.05) is 6.07 Å². The predicted octanol–water partition coefficient (Wildman–Crippen LogP) is 2.77. The summed E-state index contributed by atoms with van der Waals surface area (Å²) in [6, 6.07) is 3.78. The molecule has 0 radical (unpaired) electrons. The molecule has 0 amide bonds. The summed E-state index contributed by atoms with van der Waals surface area (Å²) in [4.78, 5) is 10.3. The van der Waals surface area contributed by atoms with Crippen LogP contribution in [0.4, 0.5) is 13.2 Å². The second kappa shape index (κ2) is 10.9. The normalized spacial score (nSPS) is 11.3. The Morgan fingerprint density at radius 1 is 1.41 bits per heavy atom. The fourth-order valence-corrected chi connectivity index (χ4v) is 2.27. The predicted molar refractivity (Wildman–Crippen MR) is 106 cm³/mol. The van der Waals surface area contributed by atoms with E-state index in [0.29, 0.717) is 24.9 Å². The number of nitrogens with zero attached hydrogens (tertiary/aromatic N) is 5. The summed E-state index contributed by atoms with van der Waals surface area (Å²) in [6.45, 7) is -0.300. The van der Waals surface area contributed by atoms with Crippen LogP contribution < -0.4 is 10.1 Å². The van der Waals surface area contributed by atoms with E-state index in [0.717, 1.165) is 0 Å². The van der Waals surface area contributed by atoms with Crippen molar-refractivity contribution >= 4 is 29.9 Å². The molecule has 0 fully saturated rings. The molecule has 11 heteroatoms. The van der Waals surface area contributed by atoms with Gasteiger partial charge >= 0.3 is 6.61 Å². The van der Waals surface area contributed by atoms with Crippen LogP contribution in [0.2, 0.25) is 0 Å². The van der Waals surface area contributed by atoms with E-state index >= 15 is 0 Å². The van der Waals surface area contributed by atoms with Crippen molar-refractivity contribution in [1.82, 2.24) is 25.0 Å². The highest BCUT2D eigenvalue weighted by Gasteiger charge is 2.15. The van der Waals surface area contributed by atoms with Gasteiger partial charge in [-0.15, -0.1) is 24.0 Å². The van der Waals surface area contributed by atoms with E-state index in [-0.39, 0.29) is 41.8 Å². The van der Waals surface area contributed by atoms with Crippen LogP contribution in [0.1, 0.15) is 18.3 Å². The van der Waals surface area contributed by atoms with Crippen molar-refractivity contribution in [3.63, 3.8) is 0 Å². The highest BCUT2D eigenvalue weighted by molar-refractivity contribution is 14.0. The van der Waals surface area contributed by atoms with Crippen molar-refractivity contribution in [2.24, 2.45) is 12.0 Å². The van der Waals surface area contributed by atoms with Crippen LogP contribution in [0, 0.1) is 5.82 Å². The molecule has 2 rings (SSSR count). The molecule has 1 aromatic carbocycles. The van der Waals surface area contributed by atoms with Crippen LogP contribution in [0.15, 0.2) is 29.5 Å². The van der Waals surface area contributed by atoms with Gasteiger partial charge in [-0.05, 0) is 19.1 Å². The number of aryl methyl sites for hydroxylation is 1. The Balaban J connectivity index is 0.00000364. The lowest BCUT2D eigenvalue weighted by Gasteiger charge is -2.21. The average molecular weight is 498 g/mol. The summed E-state index contributed by atoms with van der Waals surface area (Å²) in [5, 5.41) is 7.07. The Morgan fingerprint density at radius 2 is 2.15 bits per heavy atom. The average Bonchev–Trinajstić information content (AvgIpc) is 2.97. The molecule has 0 saturated carbocycles. The van der Waals surface area contributed by atoms with Gasteiger partial charge in [0.25, 0.3) is 0 Å². The molecule has 7 nitrogen and oxygen atoms in total. The molecule has 1 N–H and O–H groups in total. The summed E-state index contributed by atoms with van der Waals surface area (Å²) >= 11 is 0. The van der Waals surface area contributed by atoms with Crippen LogP contribution in [0.3, 0.4) is 0 Å². The van der Waals surface area contributed by atoms with E-state index in [4.69, 9.17) is 0 Å². The largest absolute Gasteiger partial charge is 0.434 e. The van der Waals surface area contributed by atoms with Gasteiger partial charge in [-0.2, -0.15) is 13.9 Å². The number of halogens is 4. The van der Waals surface area contributed by atoms with Gasteiger partial charge in [0.15, 0.2) is 5.96 Å². The summed E-state index contributed by atoms with van der Waals surface area (Å²) in [5.41, 5.74) is -0.0322. The van der Waals surface area contributed by atoms with Crippen LogP contribution >= 0.6 is 24.0 Å². The number of aliphatic imine (C=N–C) groups is 1. The number of aromatic nitrogens is 3. The molecule has 0 spiro atoms. The molecular weight excluding hydrogens is 476 g/mol. The molecule has 0 atom stereocenters. The Hall–Kier alpha value is -2.05. The zero-order valence-corrected chi connectivity index (χ0v) is 17.5. The third kappa shape index (κ3) is 6.56. The summed E-state index contributed by atoms with van der Waals surface area (Å²) in [6.07, 6.45) is 1.44. The van der Waals surface area contributed by atoms with Gasteiger partial charge in [-0.3, -0.25) is 4.68 Å². The lowest BCUT2D eigenvalue weighted by atomic mass is 10.2. The Kier molecular flexibility index (Phi) is 9.32. The SMILES string of the molecule is CCNC(=NCc1c(F)cccc1OC(F)F)N(C)Cc1ncnn1C.I. The number of alkyl halides is 2. The van der Waals surface area contributed by atoms with E-state index in [2.05, 4.69) is 25.1 Å². The summed E-state index contributed by atoms with van der Waals surface area (Å²) < 4.78 is 45.1. The van der Waals surface area contributed by atoms with E-state index in [9.17, 15) is 13.2 Å². The van der Waals surface area contributed by atoms with Gasteiger partial charge in [0, 0.05) is 20.6 Å². The molecule has 0 aliphatic rings. The maximum Gasteiger partial charge on any atom is 0.387 e. The minimum Gasteiger partial charge on any atom is -0.434 e. The first kappa shape index (κ1) is 23.0. The number of benzene rings is 1. The number of nitrogens with one attached hydrogen (secondary N) is 1. The molecule has 0 bridgehead atoms. The Morgan fingerprint density at radius 3 is 2.74 bits per heavy atom. The topological polar surface area (TPSA) is 67.6 Å². The number of hydrogen-bond acceptors (Lipinski definition) is 4. The second-order valence-electron chi connectivity index (χ2n) is 5.42. The van der Waals surface area contributed by atoms with Crippen molar-refractivity contribution in [3.8, 4) is 5.75 Å². The fourth-order valence-electron chi connectivity index (χ4n) is 2.27. The standard InChI is InChI=1S/C16H21F3N6O.HI/c1-4-20-16(24(2)9-14-22-10-23-25(14)3)21-8-11-12(17)6-5-7-13(11)26-15(18)19;/h5-7,10,15H,4,8-9H2,1-3H3,(H,20,21);1H. The van der Waals surface area contributed by atoms with E-state index in [1.807, 2.05) is 6.92 Å². The number of guanidine groups is 1. The molecule has 0 aliphatic heterocycles. The number of rotatable bonds is 7. The van der Waals surface area contributed by atoms with Gasteiger partial charge in [0.1, 0.15) is 23.7 Å². The van der Waals surface area contributed by atoms with Crippen molar-refractivity contribution < 1.29 is 17.9 Å². The second-order valence-corrected chi connectivity index (χ2v) is 5.42. The van der Waals surface area contributed by atoms with Crippen molar-refractivity contribution in [3.05, 3.63) is 41.7 Å². The summed E-state index contributed by atoms with van der Waals surface area (Å²) in [5.74, 6) is 0.307. The van der Waals surface area contributed by atoms with E-state index < -0.39 is 12.4 Å². The van der Waals surface area contributed by atoms with Crippen LogP contribution in [-0.4, -0.2) is 45.8 Å². The van der Waals surface area contributed by atoms with Gasteiger partial charge in [0.05, 0.1) is 18.7 Å². The minimum absolute atomic E-state index is 0. The van der Waals surface area contributed by atoms with Crippen molar-refractivity contribution in [1.29, 1.82) is 0 Å². The van der Waals surface area contributed by atoms with Crippen LogP contribution in [0.25, 0.3) is 0 Å². The van der Waals surface area contributed by atoms with Crippen LogP contribution in [-0.2, 0) is 20.1 Å². The van der Waals surface area contributed by atoms with Crippen molar-refractivity contribution in [2.45, 2.75) is 26.6 Å². The molecule has 1 heterocycles. The molecule has 0 saturated heterocycles. The molecule has 0 aliphatic carbocycles. The first-order valence-electron chi connectivity index (χ1n) is 7.96. The quantitative estimate of drug-likeness (QED) is 0.362. The maximum atomic E-state index is 14.0. The number of ether oxygens (including phenoxy) is 1. The smallest absolute Gasteiger partial charge is 0.387 e. The highest BCUT2D eigenvalue weighted by Crippen LogP contribution is 2.24. The third-order valence-electron chi connectivity index (χ3n) is 3.56. The van der Waals surface area contributed by atoms with Gasteiger partial charge in [-0.25, -0.2) is 14.4 Å². The zero-order chi connectivity index (χ0) is 19.1. The van der Waals surface area contributed by atoms with Crippen molar-refractivity contribution in [2.75, 3.05) is 13.6 Å². The lowest BCUT2D eigenvalue weighted by Crippen LogP contribution is -2.39. The van der Waals surface area contributed by atoms with E-state index in [1.54, 1.807) is 23.7 Å². The molecular formula is C16H22F3IN6O. The van der Waals surface area contributed by atoms with E-state index in [1.165, 1.54) is 24.5 Å². The molecule has 1 aromatic heterocycles. The fraction of sp³-hybridized carbons (Fsp3) is 0.438. The highest BCUT2D eigenvalue weighted by atomic mass is 127. The van der Waals surface area contributed by atoms with Gasteiger partial charge < -0.3 is 15.0 Å². The zero-order valence-electron chi connectivity index (χ0n) is 15.2. The minimum atomic E-state index is -3.04. The molecule has 0 unspecified atom stereocenters. The monoisotopic (exact) mass is 498 g/mol. The molecule has 2 aromatic rings.